The fraction of sp³-hybridized carbons (Fsp3) is 0.625. The molecule has 0 saturated carbocycles. The summed E-state index contributed by atoms with van der Waals surface area (Å²) in [7, 11) is 2.23. The molecule has 0 spiro atoms. The standard InChI is InChI=1S/C16H25NO/c1-15(2)10-13(11-16(3,4)17(15)5)12-6-8-14(18)9-7-12/h6-9,13,18H,10-11H2,1-5H3. The molecule has 2 rings (SSSR count). The Morgan fingerprint density at radius 1 is 1.00 bits per heavy atom. The number of likely N-dealkylation sites (tertiary alicyclic amines) is 1. The van der Waals surface area contributed by atoms with Crippen LogP contribution in [0.4, 0.5) is 0 Å². The van der Waals surface area contributed by atoms with E-state index in [0.717, 1.165) is 12.8 Å². The number of phenolic OH excluding ortho intramolecular Hbond substituents is 1. The van der Waals surface area contributed by atoms with Crippen LogP contribution >= 0.6 is 0 Å². The zero-order valence-electron chi connectivity index (χ0n) is 12.2. The first-order valence-electron chi connectivity index (χ1n) is 6.75. The summed E-state index contributed by atoms with van der Waals surface area (Å²) in [6.07, 6.45) is 2.33. The second-order valence-electron chi connectivity index (χ2n) is 6.88. The van der Waals surface area contributed by atoms with Crippen molar-refractivity contribution in [1.29, 1.82) is 0 Å². The van der Waals surface area contributed by atoms with Crippen LogP contribution in [0.3, 0.4) is 0 Å². The van der Waals surface area contributed by atoms with E-state index in [9.17, 15) is 5.11 Å². The highest BCUT2D eigenvalue weighted by Gasteiger charge is 2.43. The van der Waals surface area contributed by atoms with Crippen molar-refractivity contribution < 1.29 is 5.11 Å². The molecular formula is C16H25NO. The predicted molar refractivity (Wildman–Crippen MR) is 76.0 cm³/mol. The van der Waals surface area contributed by atoms with Crippen LogP contribution in [0.5, 0.6) is 5.75 Å². The van der Waals surface area contributed by atoms with E-state index >= 15 is 0 Å². The van der Waals surface area contributed by atoms with E-state index in [-0.39, 0.29) is 11.1 Å². The normalized spacial score (nSPS) is 24.1. The molecule has 100 valence electrons. The summed E-state index contributed by atoms with van der Waals surface area (Å²) in [4.78, 5) is 2.50. The predicted octanol–water partition coefficient (Wildman–Crippen LogP) is 3.76. The molecule has 0 aromatic heterocycles. The first-order valence-corrected chi connectivity index (χ1v) is 6.75. The molecule has 1 N–H and O–H groups in total. The number of rotatable bonds is 1. The summed E-state index contributed by atoms with van der Waals surface area (Å²) >= 11 is 0. The van der Waals surface area contributed by atoms with Crippen LogP contribution in [0.1, 0.15) is 52.0 Å². The number of hydrogen-bond acceptors (Lipinski definition) is 2. The number of benzene rings is 1. The van der Waals surface area contributed by atoms with Crippen molar-refractivity contribution in [3.8, 4) is 5.75 Å². The highest BCUT2D eigenvalue weighted by Crippen LogP contribution is 2.44. The van der Waals surface area contributed by atoms with Gasteiger partial charge in [0.15, 0.2) is 0 Å². The molecule has 1 aliphatic heterocycles. The highest BCUT2D eigenvalue weighted by molar-refractivity contribution is 5.29. The lowest BCUT2D eigenvalue weighted by Gasteiger charge is -2.54. The lowest BCUT2D eigenvalue weighted by molar-refractivity contribution is -0.0128. The molecule has 1 aromatic carbocycles. The lowest BCUT2D eigenvalue weighted by Crippen LogP contribution is -2.58. The molecule has 0 bridgehead atoms. The quantitative estimate of drug-likeness (QED) is 0.817. The van der Waals surface area contributed by atoms with Crippen molar-refractivity contribution >= 4 is 0 Å². The van der Waals surface area contributed by atoms with E-state index in [2.05, 4.69) is 51.8 Å². The summed E-state index contributed by atoms with van der Waals surface area (Å²) in [6.45, 7) is 9.28. The van der Waals surface area contributed by atoms with Crippen LogP contribution < -0.4 is 0 Å². The topological polar surface area (TPSA) is 23.5 Å². The van der Waals surface area contributed by atoms with E-state index in [1.807, 2.05) is 0 Å². The van der Waals surface area contributed by atoms with Gasteiger partial charge in [0.25, 0.3) is 0 Å². The first-order chi connectivity index (χ1) is 8.22. The molecule has 2 heteroatoms. The molecule has 1 heterocycles. The summed E-state index contributed by atoms with van der Waals surface area (Å²) in [5.41, 5.74) is 1.77. The molecular weight excluding hydrogens is 222 g/mol. The average molecular weight is 247 g/mol. The monoisotopic (exact) mass is 247 g/mol. The Morgan fingerprint density at radius 3 is 1.89 bits per heavy atom. The third-order valence-electron chi connectivity index (χ3n) is 4.67. The van der Waals surface area contributed by atoms with Crippen molar-refractivity contribution in [1.82, 2.24) is 4.90 Å². The molecule has 18 heavy (non-hydrogen) atoms. The smallest absolute Gasteiger partial charge is 0.115 e. The van der Waals surface area contributed by atoms with E-state index < -0.39 is 0 Å². The van der Waals surface area contributed by atoms with Gasteiger partial charge in [0.1, 0.15) is 5.75 Å². The number of piperidine rings is 1. The first kappa shape index (κ1) is 13.4. The van der Waals surface area contributed by atoms with Crippen LogP contribution in [0.2, 0.25) is 0 Å². The highest BCUT2D eigenvalue weighted by atomic mass is 16.3. The van der Waals surface area contributed by atoms with Gasteiger partial charge in [0, 0.05) is 11.1 Å². The Balaban J connectivity index is 2.28. The SMILES string of the molecule is CN1C(C)(C)CC(c2ccc(O)cc2)CC1(C)C. The van der Waals surface area contributed by atoms with Crippen LogP contribution in [0.15, 0.2) is 24.3 Å². The van der Waals surface area contributed by atoms with Gasteiger partial charge in [-0.25, -0.2) is 0 Å². The summed E-state index contributed by atoms with van der Waals surface area (Å²) < 4.78 is 0. The fourth-order valence-corrected chi connectivity index (χ4v) is 3.35. The Hall–Kier alpha value is -1.02. The van der Waals surface area contributed by atoms with Gasteiger partial charge in [-0.3, -0.25) is 4.90 Å². The van der Waals surface area contributed by atoms with Gasteiger partial charge in [-0.1, -0.05) is 12.1 Å². The Labute approximate surface area is 111 Å². The second kappa shape index (κ2) is 4.27. The Bertz CT molecular complexity index is 401. The molecule has 1 aliphatic rings. The minimum absolute atomic E-state index is 0.213. The van der Waals surface area contributed by atoms with Gasteiger partial charge in [0.2, 0.25) is 0 Å². The van der Waals surface area contributed by atoms with Gasteiger partial charge >= 0.3 is 0 Å². The Morgan fingerprint density at radius 2 is 1.44 bits per heavy atom. The zero-order valence-corrected chi connectivity index (χ0v) is 12.2. The van der Waals surface area contributed by atoms with E-state index in [0.29, 0.717) is 11.7 Å². The molecule has 1 aromatic rings. The molecule has 1 fully saturated rings. The van der Waals surface area contributed by atoms with Crippen molar-refractivity contribution in [3.63, 3.8) is 0 Å². The van der Waals surface area contributed by atoms with Crippen LogP contribution in [-0.4, -0.2) is 28.1 Å². The molecule has 0 aliphatic carbocycles. The summed E-state index contributed by atoms with van der Waals surface area (Å²) in [6, 6.07) is 7.73. The average Bonchev–Trinajstić information content (AvgIpc) is 2.26. The maximum atomic E-state index is 9.39. The van der Waals surface area contributed by atoms with E-state index in [1.54, 1.807) is 12.1 Å². The maximum Gasteiger partial charge on any atom is 0.115 e. The minimum Gasteiger partial charge on any atom is -0.508 e. The third-order valence-corrected chi connectivity index (χ3v) is 4.67. The molecule has 0 radical (unpaired) electrons. The molecule has 2 nitrogen and oxygen atoms in total. The van der Waals surface area contributed by atoms with Crippen LogP contribution in [-0.2, 0) is 0 Å². The lowest BCUT2D eigenvalue weighted by atomic mass is 9.72. The maximum absolute atomic E-state index is 9.39. The second-order valence-corrected chi connectivity index (χ2v) is 6.88. The molecule has 0 unspecified atom stereocenters. The molecule has 0 atom stereocenters. The molecule has 1 saturated heterocycles. The Kier molecular flexibility index (Phi) is 3.18. The molecule has 0 amide bonds. The van der Waals surface area contributed by atoms with Gasteiger partial charge in [-0.05, 0) is 71.2 Å². The van der Waals surface area contributed by atoms with Crippen LogP contribution in [0, 0.1) is 0 Å². The summed E-state index contributed by atoms with van der Waals surface area (Å²) in [5.74, 6) is 0.928. The van der Waals surface area contributed by atoms with Crippen molar-refractivity contribution in [3.05, 3.63) is 29.8 Å². The van der Waals surface area contributed by atoms with Crippen molar-refractivity contribution in [2.24, 2.45) is 0 Å². The number of nitrogens with zero attached hydrogens (tertiary/aromatic N) is 1. The van der Waals surface area contributed by atoms with Gasteiger partial charge in [-0.15, -0.1) is 0 Å². The largest absolute Gasteiger partial charge is 0.508 e. The van der Waals surface area contributed by atoms with E-state index in [4.69, 9.17) is 0 Å². The number of hydrogen-bond donors (Lipinski definition) is 1. The number of phenols is 1. The van der Waals surface area contributed by atoms with E-state index in [1.165, 1.54) is 5.56 Å². The van der Waals surface area contributed by atoms with Crippen molar-refractivity contribution in [2.45, 2.75) is 57.5 Å². The minimum atomic E-state index is 0.213. The van der Waals surface area contributed by atoms with Crippen molar-refractivity contribution in [2.75, 3.05) is 7.05 Å². The van der Waals surface area contributed by atoms with Gasteiger partial charge in [-0.2, -0.15) is 0 Å². The van der Waals surface area contributed by atoms with Gasteiger partial charge < -0.3 is 5.11 Å². The fourth-order valence-electron chi connectivity index (χ4n) is 3.35. The number of aromatic hydroxyl groups is 1. The third kappa shape index (κ3) is 2.39. The van der Waals surface area contributed by atoms with Gasteiger partial charge in [0.05, 0.1) is 0 Å². The summed E-state index contributed by atoms with van der Waals surface area (Å²) in [5, 5.41) is 9.39. The van der Waals surface area contributed by atoms with Crippen LogP contribution in [0.25, 0.3) is 0 Å². The zero-order chi connectivity index (χ0) is 13.6.